The van der Waals surface area contributed by atoms with Crippen molar-refractivity contribution in [1.82, 2.24) is 5.32 Å². The van der Waals surface area contributed by atoms with Crippen LogP contribution in [0.5, 0.6) is 0 Å². The molecule has 2 unspecified atom stereocenters. The Bertz CT molecular complexity index is 436. The highest BCUT2D eigenvalue weighted by Gasteiger charge is 2.33. The van der Waals surface area contributed by atoms with Gasteiger partial charge >= 0.3 is 0 Å². The van der Waals surface area contributed by atoms with E-state index >= 15 is 0 Å². The van der Waals surface area contributed by atoms with E-state index in [2.05, 4.69) is 12.2 Å². The first-order valence-corrected chi connectivity index (χ1v) is 6.79. The van der Waals surface area contributed by atoms with Gasteiger partial charge in [0, 0.05) is 12.5 Å². The number of nitrogens with one attached hydrogen (secondary N) is 1. The third-order valence-corrected chi connectivity index (χ3v) is 3.42. The van der Waals surface area contributed by atoms with E-state index in [4.69, 9.17) is 4.74 Å². The van der Waals surface area contributed by atoms with E-state index in [0.717, 1.165) is 18.5 Å². The molecule has 0 aromatic heterocycles. The van der Waals surface area contributed by atoms with Crippen molar-refractivity contribution in [2.24, 2.45) is 5.92 Å². The minimum absolute atomic E-state index is 0.0982. The summed E-state index contributed by atoms with van der Waals surface area (Å²) in [4.78, 5) is 12.3. The summed E-state index contributed by atoms with van der Waals surface area (Å²) in [5.41, 5.74) is 0.728. The zero-order valence-corrected chi connectivity index (χ0v) is 11.2. The summed E-state index contributed by atoms with van der Waals surface area (Å²) >= 11 is 0. The lowest BCUT2D eigenvalue weighted by Gasteiger charge is -2.17. The summed E-state index contributed by atoms with van der Waals surface area (Å²) in [6.45, 7) is 4.03. The van der Waals surface area contributed by atoms with Crippen molar-refractivity contribution in [2.75, 3.05) is 19.8 Å². The lowest BCUT2D eigenvalue weighted by Crippen LogP contribution is -2.40. The van der Waals surface area contributed by atoms with Crippen molar-refractivity contribution in [3.8, 4) is 0 Å². The van der Waals surface area contributed by atoms with E-state index < -0.39 is 0 Å². The summed E-state index contributed by atoms with van der Waals surface area (Å²) in [6.07, 6.45) is 1.30. The zero-order chi connectivity index (χ0) is 13.7. The van der Waals surface area contributed by atoms with Crippen LogP contribution < -0.4 is 5.32 Å². The number of carbonyl (C=O) groups excluding carboxylic acids is 1. The van der Waals surface area contributed by atoms with E-state index in [0.29, 0.717) is 13.2 Å². The molecule has 1 aromatic carbocycles. The van der Waals surface area contributed by atoms with Gasteiger partial charge in [0.05, 0.1) is 19.1 Å². The van der Waals surface area contributed by atoms with Gasteiger partial charge < -0.3 is 10.1 Å². The van der Waals surface area contributed by atoms with Crippen molar-refractivity contribution in [3.05, 3.63) is 35.6 Å². The van der Waals surface area contributed by atoms with Crippen LogP contribution in [0.25, 0.3) is 0 Å². The van der Waals surface area contributed by atoms with Gasteiger partial charge in [-0.3, -0.25) is 4.79 Å². The number of carbonyl (C=O) groups is 1. The highest BCUT2D eigenvalue weighted by Crippen LogP contribution is 2.17. The van der Waals surface area contributed by atoms with Crippen molar-refractivity contribution < 1.29 is 13.9 Å². The van der Waals surface area contributed by atoms with Gasteiger partial charge in [0.25, 0.3) is 0 Å². The predicted molar refractivity (Wildman–Crippen MR) is 71.5 cm³/mol. The van der Waals surface area contributed by atoms with E-state index in [-0.39, 0.29) is 30.0 Å². The fourth-order valence-electron chi connectivity index (χ4n) is 2.38. The Morgan fingerprint density at radius 2 is 2.32 bits per heavy atom. The molecule has 2 atom stereocenters. The Morgan fingerprint density at radius 3 is 3.05 bits per heavy atom. The van der Waals surface area contributed by atoms with E-state index in [1.54, 1.807) is 12.1 Å². The first kappa shape index (κ1) is 14.2. The van der Waals surface area contributed by atoms with Gasteiger partial charge in [-0.1, -0.05) is 19.1 Å². The summed E-state index contributed by atoms with van der Waals surface area (Å²) in [6, 6.07) is 6.32. The quantitative estimate of drug-likeness (QED) is 0.854. The number of Topliss-reactive ketones (excluding diaryl/α,β-unsaturated/α-hetero) is 1. The second-order valence-corrected chi connectivity index (χ2v) is 4.98. The summed E-state index contributed by atoms with van der Waals surface area (Å²) in [7, 11) is 0. The molecular weight excluding hydrogens is 245 g/mol. The van der Waals surface area contributed by atoms with Crippen LogP contribution >= 0.6 is 0 Å². The Labute approximate surface area is 113 Å². The van der Waals surface area contributed by atoms with Gasteiger partial charge in [-0.25, -0.2) is 4.39 Å². The lowest BCUT2D eigenvalue weighted by atomic mass is 9.93. The minimum atomic E-state index is -0.298. The molecule has 1 aliphatic rings. The van der Waals surface area contributed by atoms with E-state index in [1.165, 1.54) is 12.1 Å². The van der Waals surface area contributed by atoms with Crippen LogP contribution in [0.3, 0.4) is 0 Å². The van der Waals surface area contributed by atoms with Crippen molar-refractivity contribution in [3.63, 3.8) is 0 Å². The molecule has 1 fully saturated rings. The smallest absolute Gasteiger partial charge is 0.144 e. The third kappa shape index (κ3) is 3.85. The number of rotatable bonds is 6. The molecule has 4 heteroatoms. The number of benzene rings is 1. The van der Waals surface area contributed by atoms with Crippen molar-refractivity contribution in [2.45, 2.75) is 25.8 Å². The molecule has 1 aliphatic heterocycles. The summed E-state index contributed by atoms with van der Waals surface area (Å²) < 4.78 is 18.5. The number of hydrogen-bond donors (Lipinski definition) is 1. The Balaban J connectivity index is 1.95. The molecule has 0 saturated carbocycles. The van der Waals surface area contributed by atoms with Gasteiger partial charge in [-0.15, -0.1) is 0 Å². The highest BCUT2D eigenvalue weighted by atomic mass is 19.1. The zero-order valence-electron chi connectivity index (χ0n) is 11.2. The predicted octanol–water partition coefficient (Wildman–Crippen LogP) is 1.95. The largest absolute Gasteiger partial charge is 0.379 e. The number of ketones is 1. The molecule has 2 rings (SSSR count). The maximum atomic E-state index is 13.1. The van der Waals surface area contributed by atoms with Crippen LogP contribution in [0, 0.1) is 11.7 Å². The maximum Gasteiger partial charge on any atom is 0.144 e. The average molecular weight is 265 g/mol. The molecule has 0 radical (unpaired) electrons. The number of halogens is 1. The molecular formula is C15H20FNO2. The fraction of sp³-hybridized carbons (Fsp3) is 0.533. The van der Waals surface area contributed by atoms with Crippen LogP contribution in [0.1, 0.15) is 18.9 Å². The SMILES string of the molecule is CCCNC1COCC1C(=O)Cc1cccc(F)c1. The Morgan fingerprint density at radius 1 is 1.47 bits per heavy atom. The first-order chi connectivity index (χ1) is 9.20. The normalized spacial score (nSPS) is 22.6. The van der Waals surface area contributed by atoms with E-state index in [1.807, 2.05) is 0 Å². The molecule has 1 heterocycles. The Hall–Kier alpha value is -1.26. The molecule has 1 N–H and O–H groups in total. The highest BCUT2D eigenvalue weighted by molar-refractivity contribution is 5.84. The van der Waals surface area contributed by atoms with Crippen LogP contribution in [0.15, 0.2) is 24.3 Å². The third-order valence-electron chi connectivity index (χ3n) is 3.42. The Kier molecular flexibility index (Phi) is 5.05. The van der Waals surface area contributed by atoms with Crippen LogP contribution in [-0.4, -0.2) is 31.6 Å². The standard InChI is InChI=1S/C15H20FNO2/c1-2-6-17-14-10-19-9-13(14)15(18)8-11-4-3-5-12(16)7-11/h3-5,7,13-14,17H,2,6,8-10H2,1H3. The average Bonchev–Trinajstić information content (AvgIpc) is 2.84. The second-order valence-electron chi connectivity index (χ2n) is 4.98. The summed E-state index contributed by atoms with van der Waals surface area (Å²) in [5, 5.41) is 3.34. The number of hydrogen-bond acceptors (Lipinski definition) is 3. The molecule has 0 spiro atoms. The fourth-order valence-corrected chi connectivity index (χ4v) is 2.38. The lowest BCUT2D eigenvalue weighted by molar-refractivity contribution is -0.122. The molecule has 1 saturated heterocycles. The van der Waals surface area contributed by atoms with Crippen molar-refractivity contribution >= 4 is 5.78 Å². The molecule has 1 aromatic rings. The van der Waals surface area contributed by atoms with Gasteiger partial charge in [-0.05, 0) is 30.7 Å². The van der Waals surface area contributed by atoms with Gasteiger partial charge in [0.2, 0.25) is 0 Å². The molecule has 0 aliphatic carbocycles. The first-order valence-electron chi connectivity index (χ1n) is 6.79. The van der Waals surface area contributed by atoms with Gasteiger partial charge in [0.15, 0.2) is 0 Å². The molecule has 104 valence electrons. The molecule has 0 bridgehead atoms. The molecule has 0 amide bonds. The molecule has 3 nitrogen and oxygen atoms in total. The maximum absolute atomic E-state index is 13.1. The van der Waals surface area contributed by atoms with Crippen LogP contribution in [0.2, 0.25) is 0 Å². The van der Waals surface area contributed by atoms with Gasteiger partial charge in [0.1, 0.15) is 11.6 Å². The van der Waals surface area contributed by atoms with Crippen LogP contribution in [0.4, 0.5) is 4.39 Å². The number of ether oxygens (including phenoxy) is 1. The summed E-state index contributed by atoms with van der Waals surface area (Å²) in [5.74, 6) is -0.292. The monoisotopic (exact) mass is 265 g/mol. The van der Waals surface area contributed by atoms with Crippen molar-refractivity contribution in [1.29, 1.82) is 0 Å². The minimum Gasteiger partial charge on any atom is -0.379 e. The van der Waals surface area contributed by atoms with Crippen LogP contribution in [-0.2, 0) is 16.0 Å². The second kappa shape index (κ2) is 6.78. The topological polar surface area (TPSA) is 38.3 Å². The van der Waals surface area contributed by atoms with E-state index in [9.17, 15) is 9.18 Å². The van der Waals surface area contributed by atoms with Gasteiger partial charge in [-0.2, -0.15) is 0 Å². The molecule has 19 heavy (non-hydrogen) atoms.